The molecule has 24 heavy (non-hydrogen) atoms. The van der Waals surface area contributed by atoms with E-state index >= 15 is 0 Å². The average Bonchev–Trinajstić information content (AvgIpc) is 2.61. The monoisotopic (exact) mass is 360 g/mol. The van der Waals surface area contributed by atoms with E-state index in [1.165, 1.54) is 21.6 Å². The molecule has 0 radical (unpaired) electrons. The number of nitrogens with one attached hydrogen (secondary N) is 2. The lowest BCUT2D eigenvalue weighted by Gasteiger charge is -2.30. The van der Waals surface area contributed by atoms with Gasteiger partial charge in [-0.25, -0.2) is 0 Å². The zero-order valence-electron chi connectivity index (χ0n) is 13.3. The minimum atomic E-state index is -0.133. The van der Waals surface area contributed by atoms with Gasteiger partial charge in [-0.2, -0.15) is 0 Å². The molecule has 0 aliphatic carbocycles. The Morgan fingerprint density at radius 2 is 1.83 bits per heavy atom. The first-order valence-electron chi connectivity index (χ1n) is 8.13. The minimum absolute atomic E-state index is 0. The van der Waals surface area contributed by atoms with Crippen molar-refractivity contribution in [3.63, 3.8) is 0 Å². The number of halogens is 1. The lowest BCUT2D eigenvalue weighted by atomic mass is 9.95. The predicted octanol–water partition coefficient (Wildman–Crippen LogP) is 3.48. The third-order valence-corrected chi connectivity index (χ3v) is 5.80. The number of thioether (sulfide) groups is 1. The molecule has 0 saturated heterocycles. The Bertz CT molecular complexity index is 737. The van der Waals surface area contributed by atoms with E-state index in [4.69, 9.17) is 0 Å². The molecule has 2 aliphatic heterocycles. The molecule has 0 saturated carbocycles. The summed E-state index contributed by atoms with van der Waals surface area (Å²) < 4.78 is 0. The maximum absolute atomic E-state index is 12.7. The van der Waals surface area contributed by atoms with Crippen LogP contribution in [0.25, 0.3) is 0 Å². The number of rotatable bonds is 2. The van der Waals surface area contributed by atoms with Gasteiger partial charge in [-0.3, -0.25) is 4.79 Å². The average molecular weight is 361 g/mol. The van der Waals surface area contributed by atoms with Gasteiger partial charge in [-0.05, 0) is 35.6 Å². The van der Waals surface area contributed by atoms with Crippen LogP contribution in [0.3, 0.4) is 0 Å². The van der Waals surface area contributed by atoms with Gasteiger partial charge in [0.1, 0.15) is 0 Å². The van der Waals surface area contributed by atoms with Crippen molar-refractivity contribution in [3.05, 3.63) is 65.2 Å². The summed E-state index contributed by atoms with van der Waals surface area (Å²) in [5, 5.41) is 6.63. The summed E-state index contributed by atoms with van der Waals surface area (Å²) in [5.74, 6) is 1.18. The van der Waals surface area contributed by atoms with Crippen molar-refractivity contribution in [1.29, 1.82) is 0 Å². The molecular weight excluding hydrogens is 340 g/mol. The van der Waals surface area contributed by atoms with Crippen LogP contribution in [0, 0.1) is 0 Å². The van der Waals surface area contributed by atoms with Crippen molar-refractivity contribution in [3.8, 4) is 0 Å². The first kappa shape index (κ1) is 17.3. The van der Waals surface area contributed by atoms with Crippen molar-refractivity contribution < 1.29 is 4.79 Å². The van der Waals surface area contributed by atoms with E-state index in [2.05, 4.69) is 53.1 Å². The van der Waals surface area contributed by atoms with Gasteiger partial charge in [0.15, 0.2) is 0 Å². The molecule has 2 atom stereocenters. The Hall–Kier alpha value is -1.49. The number of carbonyl (C=O) groups excluding carboxylic acids is 1. The second-order valence-electron chi connectivity index (χ2n) is 6.14. The van der Waals surface area contributed by atoms with Crippen molar-refractivity contribution in [2.75, 3.05) is 5.75 Å². The topological polar surface area (TPSA) is 41.1 Å². The van der Waals surface area contributed by atoms with Crippen LogP contribution in [0.1, 0.15) is 29.2 Å². The van der Waals surface area contributed by atoms with Crippen LogP contribution in [0.2, 0.25) is 0 Å². The van der Waals surface area contributed by atoms with Crippen molar-refractivity contribution >= 4 is 30.1 Å². The molecule has 2 aliphatic rings. The van der Waals surface area contributed by atoms with E-state index in [0.29, 0.717) is 0 Å². The summed E-state index contributed by atoms with van der Waals surface area (Å²) >= 11 is 1.88. The second-order valence-corrected chi connectivity index (χ2v) is 7.28. The summed E-state index contributed by atoms with van der Waals surface area (Å²) in [5.41, 5.74) is 3.84. The minimum Gasteiger partial charge on any atom is -0.348 e. The van der Waals surface area contributed by atoms with E-state index in [1.807, 2.05) is 17.8 Å². The van der Waals surface area contributed by atoms with Crippen LogP contribution < -0.4 is 10.6 Å². The largest absolute Gasteiger partial charge is 0.348 e. The third-order valence-electron chi connectivity index (χ3n) is 4.67. The maximum Gasteiger partial charge on any atom is 0.237 e. The molecule has 2 heterocycles. The summed E-state index contributed by atoms with van der Waals surface area (Å²) in [4.78, 5) is 14.0. The van der Waals surface area contributed by atoms with Gasteiger partial charge in [0.25, 0.3) is 0 Å². The zero-order chi connectivity index (χ0) is 15.6. The fraction of sp³-hybridized carbons (Fsp3) is 0.316. The molecule has 2 unspecified atom stereocenters. The molecule has 2 aromatic rings. The van der Waals surface area contributed by atoms with Crippen LogP contribution in [0.15, 0.2) is 53.4 Å². The van der Waals surface area contributed by atoms with Crippen LogP contribution in [0.5, 0.6) is 0 Å². The highest BCUT2D eigenvalue weighted by atomic mass is 35.5. The van der Waals surface area contributed by atoms with Crippen molar-refractivity contribution in [1.82, 2.24) is 10.6 Å². The summed E-state index contributed by atoms with van der Waals surface area (Å²) in [6.45, 7) is 0.769. The van der Waals surface area contributed by atoms with E-state index in [9.17, 15) is 4.79 Å². The molecule has 0 fully saturated rings. The predicted molar refractivity (Wildman–Crippen MR) is 101 cm³/mol. The number of fused-ring (bicyclic) bond motifs is 2. The van der Waals surface area contributed by atoms with Crippen molar-refractivity contribution in [2.24, 2.45) is 0 Å². The van der Waals surface area contributed by atoms with Crippen LogP contribution in [0.4, 0.5) is 0 Å². The molecule has 2 aromatic carbocycles. The third kappa shape index (κ3) is 3.46. The fourth-order valence-electron chi connectivity index (χ4n) is 3.40. The quantitative estimate of drug-likeness (QED) is 0.861. The zero-order valence-corrected chi connectivity index (χ0v) is 15.0. The standard InChI is InChI=1S/C19H20N2OS.ClH/c22-19(17-11-13-5-1-2-6-14(13)12-20-17)21-16-9-10-23-18-8-4-3-7-15(16)18;/h1-8,16-17,20H,9-12H2,(H,21,22);1H. The molecule has 0 aromatic heterocycles. The van der Waals surface area contributed by atoms with E-state index in [0.717, 1.165) is 25.1 Å². The number of hydrogen-bond donors (Lipinski definition) is 2. The van der Waals surface area contributed by atoms with Gasteiger partial charge in [0.2, 0.25) is 5.91 Å². The second kappa shape index (κ2) is 7.60. The molecule has 3 nitrogen and oxygen atoms in total. The van der Waals surface area contributed by atoms with Gasteiger partial charge in [0, 0.05) is 17.2 Å². The molecular formula is C19H21ClN2OS. The Morgan fingerprint density at radius 3 is 2.71 bits per heavy atom. The summed E-state index contributed by atoms with van der Waals surface area (Å²) in [6, 6.07) is 16.8. The van der Waals surface area contributed by atoms with E-state index in [-0.39, 0.29) is 30.4 Å². The molecule has 0 spiro atoms. The van der Waals surface area contributed by atoms with Crippen LogP contribution in [-0.2, 0) is 17.8 Å². The van der Waals surface area contributed by atoms with Gasteiger partial charge in [-0.1, -0.05) is 42.5 Å². The first-order chi connectivity index (χ1) is 11.3. The Morgan fingerprint density at radius 1 is 1.08 bits per heavy atom. The molecule has 2 N–H and O–H groups in total. The van der Waals surface area contributed by atoms with Gasteiger partial charge < -0.3 is 10.6 Å². The Kier molecular flexibility index (Phi) is 5.49. The lowest BCUT2D eigenvalue weighted by Crippen LogP contribution is -2.48. The number of hydrogen-bond acceptors (Lipinski definition) is 3. The summed E-state index contributed by atoms with van der Waals surface area (Å²) in [6.07, 6.45) is 1.77. The van der Waals surface area contributed by atoms with E-state index in [1.54, 1.807) is 0 Å². The highest BCUT2D eigenvalue weighted by Gasteiger charge is 2.28. The Labute approximate surface area is 153 Å². The SMILES string of the molecule is Cl.O=C(NC1CCSc2ccccc21)C1Cc2ccccc2CN1. The smallest absolute Gasteiger partial charge is 0.237 e. The van der Waals surface area contributed by atoms with Crippen LogP contribution in [-0.4, -0.2) is 17.7 Å². The van der Waals surface area contributed by atoms with Crippen LogP contribution >= 0.6 is 24.2 Å². The van der Waals surface area contributed by atoms with Gasteiger partial charge >= 0.3 is 0 Å². The molecule has 0 bridgehead atoms. The molecule has 1 amide bonds. The highest BCUT2D eigenvalue weighted by molar-refractivity contribution is 7.99. The maximum atomic E-state index is 12.7. The van der Waals surface area contributed by atoms with E-state index < -0.39 is 0 Å². The lowest BCUT2D eigenvalue weighted by molar-refractivity contribution is -0.124. The molecule has 4 rings (SSSR count). The molecule has 126 valence electrons. The number of carbonyl (C=O) groups is 1. The molecule has 5 heteroatoms. The number of benzene rings is 2. The van der Waals surface area contributed by atoms with Crippen molar-refractivity contribution in [2.45, 2.75) is 36.4 Å². The summed E-state index contributed by atoms with van der Waals surface area (Å²) in [7, 11) is 0. The number of amides is 1. The Balaban J connectivity index is 0.00000169. The first-order valence-corrected chi connectivity index (χ1v) is 9.12. The normalized spacial score (nSPS) is 21.8. The fourth-order valence-corrected chi connectivity index (χ4v) is 4.53. The highest BCUT2D eigenvalue weighted by Crippen LogP contribution is 2.35. The van der Waals surface area contributed by atoms with Gasteiger partial charge in [-0.15, -0.1) is 24.2 Å². The van der Waals surface area contributed by atoms with Gasteiger partial charge in [0.05, 0.1) is 12.1 Å².